The van der Waals surface area contributed by atoms with Crippen molar-refractivity contribution in [1.82, 2.24) is 0 Å². The Labute approximate surface area is 103 Å². The molecule has 0 radical (unpaired) electrons. The van der Waals surface area contributed by atoms with Crippen LogP contribution in [0.3, 0.4) is 0 Å². The molecule has 3 N–H and O–H groups in total. The molecule has 1 aromatic carbocycles. The highest BCUT2D eigenvalue weighted by molar-refractivity contribution is 6.31. The number of hydrogen-bond acceptors (Lipinski definition) is 4. The Bertz CT molecular complexity index is 426. The van der Waals surface area contributed by atoms with Crippen LogP contribution in [0.4, 0.5) is 15.8 Å². The quantitative estimate of drug-likeness (QED) is 0.630. The smallest absolute Gasteiger partial charge is 0.294 e. The standard InChI is InChI=1S/C10H13ClFN3O2/c1-6(13)2-3-14-9-5-8(12)7(11)4-10(9)15(16)17/h4-6,14H,2-3,13H2,1H3. The number of hydrogen-bond donors (Lipinski definition) is 2. The van der Waals surface area contributed by atoms with Crippen LogP contribution in [0.15, 0.2) is 12.1 Å². The van der Waals surface area contributed by atoms with Crippen molar-refractivity contribution in [1.29, 1.82) is 0 Å². The molecule has 1 aromatic rings. The number of nitro groups is 1. The van der Waals surface area contributed by atoms with Gasteiger partial charge < -0.3 is 11.1 Å². The van der Waals surface area contributed by atoms with Crippen LogP contribution in [0.2, 0.25) is 5.02 Å². The molecular formula is C10H13ClFN3O2. The molecule has 94 valence electrons. The number of nitrogens with two attached hydrogens (primary N) is 1. The average molecular weight is 262 g/mol. The van der Waals surface area contributed by atoms with Crippen LogP contribution in [0, 0.1) is 15.9 Å². The van der Waals surface area contributed by atoms with Gasteiger partial charge in [-0.1, -0.05) is 11.6 Å². The SMILES string of the molecule is CC(N)CCNc1cc(F)c(Cl)cc1[N+](=O)[O-]. The fourth-order valence-electron chi connectivity index (χ4n) is 1.26. The van der Waals surface area contributed by atoms with Gasteiger partial charge in [0.05, 0.1) is 9.95 Å². The summed E-state index contributed by atoms with van der Waals surface area (Å²) in [5.41, 5.74) is 5.40. The van der Waals surface area contributed by atoms with Gasteiger partial charge in [-0.3, -0.25) is 10.1 Å². The molecule has 1 unspecified atom stereocenters. The lowest BCUT2D eigenvalue weighted by Crippen LogP contribution is -2.19. The van der Waals surface area contributed by atoms with E-state index in [0.717, 1.165) is 12.1 Å². The van der Waals surface area contributed by atoms with Crippen LogP contribution in [-0.4, -0.2) is 17.5 Å². The van der Waals surface area contributed by atoms with E-state index < -0.39 is 10.7 Å². The Balaban J connectivity index is 2.89. The summed E-state index contributed by atoms with van der Waals surface area (Å²) in [6, 6.07) is 1.98. The Hall–Kier alpha value is -1.40. The van der Waals surface area contributed by atoms with E-state index in [9.17, 15) is 14.5 Å². The highest BCUT2D eigenvalue weighted by Gasteiger charge is 2.17. The summed E-state index contributed by atoms with van der Waals surface area (Å²) in [4.78, 5) is 10.1. The van der Waals surface area contributed by atoms with Crippen molar-refractivity contribution in [3.8, 4) is 0 Å². The third-order valence-corrected chi connectivity index (χ3v) is 2.44. The highest BCUT2D eigenvalue weighted by Crippen LogP contribution is 2.30. The summed E-state index contributed by atoms with van der Waals surface area (Å²) in [5, 5.41) is 13.2. The molecule has 17 heavy (non-hydrogen) atoms. The molecule has 0 aliphatic rings. The zero-order valence-corrected chi connectivity index (χ0v) is 10.00. The first-order valence-electron chi connectivity index (χ1n) is 5.04. The second kappa shape index (κ2) is 5.79. The summed E-state index contributed by atoms with van der Waals surface area (Å²) in [6.07, 6.45) is 0.626. The predicted octanol–water partition coefficient (Wildman–Crippen LogP) is 2.54. The number of nitrogens with zero attached hydrogens (tertiary/aromatic N) is 1. The topological polar surface area (TPSA) is 81.2 Å². The van der Waals surface area contributed by atoms with Crippen molar-refractivity contribution >= 4 is 23.0 Å². The maximum Gasteiger partial charge on any atom is 0.294 e. The minimum Gasteiger partial charge on any atom is -0.379 e. The maximum atomic E-state index is 13.2. The summed E-state index contributed by atoms with van der Waals surface area (Å²) in [6.45, 7) is 2.25. The van der Waals surface area contributed by atoms with Crippen LogP contribution in [0.25, 0.3) is 0 Å². The number of rotatable bonds is 5. The highest BCUT2D eigenvalue weighted by atomic mass is 35.5. The monoisotopic (exact) mass is 261 g/mol. The number of benzene rings is 1. The minimum absolute atomic E-state index is 0.0290. The number of nitrogens with one attached hydrogen (secondary N) is 1. The van der Waals surface area contributed by atoms with Crippen molar-refractivity contribution in [3.63, 3.8) is 0 Å². The fourth-order valence-corrected chi connectivity index (χ4v) is 1.42. The van der Waals surface area contributed by atoms with Crippen LogP contribution in [0.5, 0.6) is 0 Å². The molecule has 0 aromatic heterocycles. The number of halogens is 2. The van der Waals surface area contributed by atoms with Gasteiger partial charge in [0, 0.05) is 24.7 Å². The molecule has 0 saturated heterocycles. The largest absolute Gasteiger partial charge is 0.379 e. The molecule has 0 saturated carbocycles. The first kappa shape index (κ1) is 13.7. The predicted molar refractivity (Wildman–Crippen MR) is 64.8 cm³/mol. The Morgan fingerprint density at radius 1 is 1.65 bits per heavy atom. The maximum absolute atomic E-state index is 13.2. The third kappa shape index (κ3) is 3.83. The van der Waals surface area contributed by atoms with E-state index in [4.69, 9.17) is 17.3 Å². The van der Waals surface area contributed by atoms with E-state index in [1.807, 2.05) is 6.92 Å². The third-order valence-electron chi connectivity index (χ3n) is 2.15. The molecular weight excluding hydrogens is 249 g/mol. The van der Waals surface area contributed by atoms with Gasteiger partial charge in [0.2, 0.25) is 0 Å². The zero-order chi connectivity index (χ0) is 13.0. The molecule has 1 atom stereocenters. The van der Waals surface area contributed by atoms with Crippen LogP contribution >= 0.6 is 11.6 Å². The lowest BCUT2D eigenvalue weighted by atomic mass is 10.2. The molecule has 0 heterocycles. The van der Waals surface area contributed by atoms with Gasteiger partial charge >= 0.3 is 0 Å². The van der Waals surface area contributed by atoms with Crippen molar-refractivity contribution in [3.05, 3.63) is 33.1 Å². The molecule has 0 fully saturated rings. The van der Waals surface area contributed by atoms with Gasteiger partial charge in [0.15, 0.2) is 0 Å². The molecule has 0 amide bonds. The van der Waals surface area contributed by atoms with Gasteiger partial charge in [-0.15, -0.1) is 0 Å². The van der Waals surface area contributed by atoms with Crippen molar-refractivity contribution in [2.75, 3.05) is 11.9 Å². The second-order valence-corrected chi connectivity index (χ2v) is 4.14. The van der Waals surface area contributed by atoms with Crippen molar-refractivity contribution in [2.24, 2.45) is 5.73 Å². The first-order valence-corrected chi connectivity index (χ1v) is 5.42. The molecule has 0 aliphatic heterocycles. The van der Waals surface area contributed by atoms with Gasteiger partial charge in [-0.2, -0.15) is 0 Å². The summed E-state index contributed by atoms with van der Waals surface area (Å²) in [5.74, 6) is -0.694. The summed E-state index contributed by atoms with van der Waals surface area (Å²) in [7, 11) is 0. The van der Waals surface area contributed by atoms with E-state index in [1.54, 1.807) is 0 Å². The molecule has 5 nitrogen and oxygen atoms in total. The lowest BCUT2D eigenvalue weighted by Gasteiger charge is -2.09. The lowest BCUT2D eigenvalue weighted by molar-refractivity contribution is -0.384. The van der Waals surface area contributed by atoms with E-state index >= 15 is 0 Å². The molecule has 1 rings (SSSR count). The Morgan fingerprint density at radius 2 is 2.29 bits per heavy atom. The van der Waals surface area contributed by atoms with Crippen molar-refractivity contribution < 1.29 is 9.31 Å². The zero-order valence-electron chi connectivity index (χ0n) is 9.24. The van der Waals surface area contributed by atoms with Gasteiger partial charge in [-0.25, -0.2) is 4.39 Å². The van der Waals surface area contributed by atoms with Gasteiger partial charge in [0.1, 0.15) is 11.5 Å². The Morgan fingerprint density at radius 3 is 2.82 bits per heavy atom. The van der Waals surface area contributed by atoms with Crippen LogP contribution < -0.4 is 11.1 Å². The van der Waals surface area contributed by atoms with Crippen LogP contribution in [-0.2, 0) is 0 Å². The van der Waals surface area contributed by atoms with E-state index in [1.165, 1.54) is 0 Å². The molecule has 0 bridgehead atoms. The summed E-state index contributed by atoms with van der Waals surface area (Å²) >= 11 is 5.49. The Kier molecular flexibility index (Phi) is 4.65. The number of nitro benzene ring substituents is 1. The number of anilines is 1. The van der Waals surface area contributed by atoms with E-state index in [0.29, 0.717) is 13.0 Å². The fraction of sp³-hybridized carbons (Fsp3) is 0.400. The molecule has 7 heteroatoms. The van der Waals surface area contributed by atoms with E-state index in [-0.39, 0.29) is 22.4 Å². The van der Waals surface area contributed by atoms with Gasteiger partial charge in [-0.05, 0) is 13.3 Å². The minimum atomic E-state index is -0.694. The average Bonchev–Trinajstić information content (AvgIpc) is 2.22. The molecule has 0 spiro atoms. The van der Waals surface area contributed by atoms with Crippen molar-refractivity contribution in [2.45, 2.75) is 19.4 Å². The van der Waals surface area contributed by atoms with E-state index in [2.05, 4.69) is 5.32 Å². The molecule has 0 aliphatic carbocycles. The van der Waals surface area contributed by atoms with Gasteiger partial charge in [0.25, 0.3) is 5.69 Å². The summed E-state index contributed by atoms with van der Waals surface area (Å²) < 4.78 is 13.2. The normalized spacial score (nSPS) is 12.2. The second-order valence-electron chi connectivity index (χ2n) is 3.73. The first-order chi connectivity index (χ1) is 7.91. The van der Waals surface area contributed by atoms with Crippen LogP contribution in [0.1, 0.15) is 13.3 Å².